The number of nitrogens with one attached hydrogen (secondary N) is 1. The van der Waals surface area contributed by atoms with Gasteiger partial charge in [-0.3, -0.25) is 15.0 Å². The Kier molecular flexibility index (Phi) is 3.13. The number of fused-ring (bicyclic) bond motifs is 1. The SMILES string of the molecule is COc1ccc([N+](=O)[O-])c2c1CON[C@]2(C)C(=O)O. The molecular weight excluding hydrogens is 256 g/mol. The summed E-state index contributed by atoms with van der Waals surface area (Å²) in [7, 11) is 1.40. The fourth-order valence-electron chi connectivity index (χ4n) is 2.12. The number of benzene rings is 1. The molecule has 0 unspecified atom stereocenters. The van der Waals surface area contributed by atoms with Crippen molar-refractivity contribution in [3.8, 4) is 5.75 Å². The van der Waals surface area contributed by atoms with Crippen LogP contribution in [0, 0.1) is 10.1 Å². The predicted octanol–water partition coefficient (Wildman–Crippen LogP) is 0.938. The van der Waals surface area contributed by atoms with Crippen LogP contribution >= 0.6 is 0 Å². The third-order valence-electron chi connectivity index (χ3n) is 3.09. The smallest absolute Gasteiger partial charge is 0.330 e. The molecule has 0 fully saturated rings. The molecule has 1 aliphatic heterocycles. The van der Waals surface area contributed by atoms with Gasteiger partial charge >= 0.3 is 5.97 Å². The van der Waals surface area contributed by atoms with E-state index in [4.69, 9.17) is 9.57 Å². The van der Waals surface area contributed by atoms with E-state index in [1.54, 1.807) is 0 Å². The number of nitro benzene ring substituents is 1. The minimum atomic E-state index is -1.70. The molecule has 0 saturated heterocycles. The second-order valence-corrected chi connectivity index (χ2v) is 4.22. The number of carboxylic acid groups (broad SMARTS) is 1. The van der Waals surface area contributed by atoms with E-state index in [9.17, 15) is 20.0 Å². The van der Waals surface area contributed by atoms with E-state index in [0.29, 0.717) is 11.3 Å². The highest BCUT2D eigenvalue weighted by Gasteiger charge is 2.46. The maximum atomic E-state index is 11.4. The minimum absolute atomic E-state index is 0.0109. The Balaban J connectivity index is 2.78. The van der Waals surface area contributed by atoms with Gasteiger partial charge in [0.1, 0.15) is 5.75 Å². The molecule has 1 aliphatic rings. The largest absolute Gasteiger partial charge is 0.496 e. The summed E-state index contributed by atoms with van der Waals surface area (Å²) in [6.45, 7) is 1.29. The predicted molar refractivity (Wildman–Crippen MR) is 62.6 cm³/mol. The van der Waals surface area contributed by atoms with E-state index < -0.39 is 16.4 Å². The first-order valence-corrected chi connectivity index (χ1v) is 5.39. The van der Waals surface area contributed by atoms with Crippen LogP contribution in [0.4, 0.5) is 5.69 Å². The number of hydroxylamine groups is 1. The molecule has 1 aromatic rings. The van der Waals surface area contributed by atoms with Gasteiger partial charge in [0, 0.05) is 11.6 Å². The standard InChI is InChI=1S/C11H12N2O6/c1-11(10(14)15)9-6(5-19-12-11)8(18-2)4-3-7(9)13(16)17/h3-4,12H,5H2,1-2H3,(H,14,15)/t11-/m0/s1. The average Bonchev–Trinajstić information content (AvgIpc) is 2.37. The van der Waals surface area contributed by atoms with Crippen LogP contribution in [0.15, 0.2) is 12.1 Å². The average molecular weight is 268 g/mol. The number of aliphatic carboxylic acids is 1. The number of carbonyl (C=O) groups is 1. The van der Waals surface area contributed by atoms with Crippen molar-refractivity contribution in [3.05, 3.63) is 33.4 Å². The molecule has 8 heteroatoms. The number of hydrogen-bond acceptors (Lipinski definition) is 6. The number of carboxylic acids is 1. The van der Waals surface area contributed by atoms with Crippen molar-refractivity contribution < 1.29 is 24.4 Å². The molecule has 0 aliphatic carbocycles. The second-order valence-electron chi connectivity index (χ2n) is 4.22. The summed E-state index contributed by atoms with van der Waals surface area (Å²) in [6, 6.07) is 2.65. The van der Waals surface area contributed by atoms with Crippen molar-refractivity contribution in [3.63, 3.8) is 0 Å². The van der Waals surface area contributed by atoms with Gasteiger partial charge in [-0.25, -0.2) is 4.79 Å². The maximum absolute atomic E-state index is 11.4. The van der Waals surface area contributed by atoms with E-state index in [1.165, 1.54) is 26.2 Å². The van der Waals surface area contributed by atoms with E-state index in [2.05, 4.69) is 5.48 Å². The highest BCUT2D eigenvalue weighted by molar-refractivity contribution is 5.83. The molecule has 102 valence electrons. The van der Waals surface area contributed by atoms with Gasteiger partial charge in [-0.2, -0.15) is 5.48 Å². The summed E-state index contributed by atoms with van der Waals surface area (Å²) in [5.74, 6) is -0.917. The van der Waals surface area contributed by atoms with Crippen molar-refractivity contribution in [2.24, 2.45) is 0 Å². The molecule has 0 saturated carbocycles. The lowest BCUT2D eigenvalue weighted by Gasteiger charge is -2.32. The molecule has 8 nitrogen and oxygen atoms in total. The summed E-state index contributed by atoms with van der Waals surface area (Å²) >= 11 is 0. The fraction of sp³-hybridized carbons (Fsp3) is 0.364. The first-order valence-electron chi connectivity index (χ1n) is 5.39. The molecule has 2 rings (SSSR count). The lowest BCUT2D eigenvalue weighted by Crippen LogP contribution is -2.50. The zero-order valence-electron chi connectivity index (χ0n) is 10.3. The minimum Gasteiger partial charge on any atom is -0.496 e. The molecule has 1 heterocycles. The van der Waals surface area contributed by atoms with Gasteiger partial charge in [-0.1, -0.05) is 0 Å². The quantitative estimate of drug-likeness (QED) is 0.619. The van der Waals surface area contributed by atoms with Crippen molar-refractivity contribution in [2.75, 3.05) is 7.11 Å². The fourth-order valence-corrected chi connectivity index (χ4v) is 2.12. The first kappa shape index (κ1) is 13.2. The number of rotatable bonds is 3. The Hall–Kier alpha value is -2.19. The number of methoxy groups -OCH3 is 1. The zero-order chi connectivity index (χ0) is 14.2. The maximum Gasteiger partial charge on any atom is 0.330 e. The van der Waals surface area contributed by atoms with Gasteiger partial charge in [-0.05, 0) is 13.0 Å². The van der Waals surface area contributed by atoms with Crippen LogP contribution in [0.3, 0.4) is 0 Å². The molecule has 19 heavy (non-hydrogen) atoms. The lowest BCUT2D eigenvalue weighted by molar-refractivity contribution is -0.386. The molecule has 0 amide bonds. The van der Waals surface area contributed by atoms with Gasteiger partial charge in [0.05, 0.1) is 24.2 Å². The Labute approximate surface area is 108 Å². The number of nitrogens with zero attached hydrogens (tertiary/aromatic N) is 1. The van der Waals surface area contributed by atoms with Gasteiger partial charge in [0.15, 0.2) is 5.54 Å². The molecule has 0 spiro atoms. The molecule has 2 N–H and O–H groups in total. The first-order chi connectivity index (χ1) is 8.91. The van der Waals surface area contributed by atoms with Crippen LogP contribution in [-0.4, -0.2) is 23.1 Å². The summed E-state index contributed by atoms with van der Waals surface area (Å²) in [4.78, 5) is 26.9. The topological polar surface area (TPSA) is 111 Å². The lowest BCUT2D eigenvalue weighted by atomic mass is 9.86. The third-order valence-corrected chi connectivity index (χ3v) is 3.09. The Morgan fingerprint density at radius 1 is 1.63 bits per heavy atom. The van der Waals surface area contributed by atoms with Crippen LogP contribution in [-0.2, 0) is 21.8 Å². The van der Waals surface area contributed by atoms with Gasteiger partial charge in [0.2, 0.25) is 0 Å². The third kappa shape index (κ3) is 1.90. The van der Waals surface area contributed by atoms with Crippen LogP contribution in [0.25, 0.3) is 0 Å². The van der Waals surface area contributed by atoms with E-state index >= 15 is 0 Å². The van der Waals surface area contributed by atoms with Crippen LogP contribution in [0.2, 0.25) is 0 Å². The highest BCUT2D eigenvalue weighted by atomic mass is 16.7. The normalized spacial score (nSPS) is 21.6. The summed E-state index contributed by atoms with van der Waals surface area (Å²) < 4.78 is 5.10. The Bertz CT molecular complexity index is 558. The Morgan fingerprint density at radius 3 is 2.84 bits per heavy atom. The molecule has 1 aromatic carbocycles. The van der Waals surface area contributed by atoms with E-state index in [-0.39, 0.29) is 17.9 Å². The summed E-state index contributed by atoms with van der Waals surface area (Å²) in [5.41, 5.74) is 0.766. The van der Waals surface area contributed by atoms with Crippen molar-refractivity contribution in [1.82, 2.24) is 5.48 Å². The monoisotopic (exact) mass is 268 g/mol. The van der Waals surface area contributed by atoms with Crippen LogP contribution in [0.1, 0.15) is 18.1 Å². The van der Waals surface area contributed by atoms with Gasteiger partial charge < -0.3 is 9.84 Å². The number of nitro groups is 1. The number of ether oxygens (including phenoxy) is 1. The molecule has 0 radical (unpaired) electrons. The Morgan fingerprint density at radius 2 is 2.32 bits per heavy atom. The summed E-state index contributed by atoms with van der Waals surface area (Å²) in [5, 5.41) is 20.4. The summed E-state index contributed by atoms with van der Waals surface area (Å²) in [6.07, 6.45) is 0. The molecular formula is C11H12N2O6. The van der Waals surface area contributed by atoms with E-state index in [1.807, 2.05) is 0 Å². The zero-order valence-corrected chi connectivity index (χ0v) is 10.3. The van der Waals surface area contributed by atoms with Crippen molar-refractivity contribution >= 4 is 11.7 Å². The molecule has 1 atom stereocenters. The van der Waals surface area contributed by atoms with Crippen LogP contribution < -0.4 is 10.2 Å². The van der Waals surface area contributed by atoms with Crippen molar-refractivity contribution in [2.45, 2.75) is 19.1 Å². The molecule has 0 bridgehead atoms. The van der Waals surface area contributed by atoms with Crippen molar-refractivity contribution in [1.29, 1.82) is 0 Å². The molecule has 0 aromatic heterocycles. The van der Waals surface area contributed by atoms with E-state index in [0.717, 1.165) is 0 Å². The van der Waals surface area contributed by atoms with Crippen LogP contribution in [0.5, 0.6) is 5.75 Å². The van der Waals surface area contributed by atoms with Gasteiger partial charge in [-0.15, -0.1) is 0 Å². The number of hydrogen-bond donors (Lipinski definition) is 2. The van der Waals surface area contributed by atoms with Gasteiger partial charge in [0.25, 0.3) is 5.69 Å². The highest BCUT2D eigenvalue weighted by Crippen LogP contribution is 2.40. The second kappa shape index (κ2) is 4.48.